The van der Waals surface area contributed by atoms with E-state index in [1.807, 2.05) is 6.92 Å². The van der Waals surface area contributed by atoms with Crippen molar-refractivity contribution in [1.29, 1.82) is 0 Å². The Balaban J connectivity index is 1.70. The van der Waals surface area contributed by atoms with E-state index in [1.54, 1.807) is 0 Å². The lowest BCUT2D eigenvalue weighted by molar-refractivity contribution is 0.162. The van der Waals surface area contributed by atoms with Crippen LogP contribution in [-0.4, -0.2) is 40.7 Å². The topological polar surface area (TPSA) is 54.2 Å². The molecule has 1 unspecified atom stereocenters. The number of piperidine rings is 1. The fourth-order valence-corrected chi connectivity index (χ4v) is 2.82. The van der Waals surface area contributed by atoms with Crippen molar-refractivity contribution in [3.63, 3.8) is 0 Å². The third-order valence-electron chi connectivity index (χ3n) is 4.03. The summed E-state index contributed by atoms with van der Waals surface area (Å²) in [4.78, 5) is 6.79. The number of likely N-dealkylation sites (tertiary alicyclic amines) is 1. The van der Waals surface area contributed by atoms with E-state index in [-0.39, 0.29) is 0 Å². The van der Waals surface area contributed by atoms with Crippen LogP contribution in [0, 0.1) is 12.8 Å². The highest BCUT2D eigenvalue weighted by molar-refractivity contribution is 4.86. The maximum Gasteiger partial charge on any atom is 0.223 e. The third-order valence-corrected chi connectivity index (χ3v) is 4.03. The van der Waals surface area contributed by atoms with Gasteiger partial charge in [0.1, 0.15) is 0 Å². The van der Waals surface area contributed by atoms with Gasteiger partial charge in [-0.1, -0.05) is 12.1 Å². The van der Waals surface area contributed by atoms with Gasteiger partial charge in [-0.3, -0.25) is 0 Å². The zero-order valence-corrected chi connectivity index (χ0v) is 12.4. The first-order chi connectivity index (χ1) is 9.19. The van der Waals surface area contributed by atoms with Gasteiger partial charge in [0.15, 0.2) is 5.82 Å². The summed E-state index contributed by atoms with van der Waals surface area (Å²) in [5, 5.41) is 7.44. The minimum atomic E-state index is 0.516. The Morgan fingerprint density at radius 1 is 1.42 bits per heavy atom. The van der Waals surface area contributed by atoms with E-state index >= 15 is 0 Å². The second-order valence-electron chi connectivity index (χ2n) is 5.58. The molecule has 108 valence electrons. The van der Waals surface area contributed by atoms with Crippen LogP contribution in [0.5, 0.6) is 0 Å². The number of aromatic nitrogens is 2. The molecule has 0 aromatic carbocycles. The Morgan fingerprint density at radius 2 is 2.16 bits per heavy atom. The molecule has 1 fully saturated rings. The highest BCUT2D eigenvalue weighted by Crippen LogP contribution is 2.20. The van der Waals surface area contributed by atoms with Crippen LogP contribution in [-0.2, 0) is 6.54 Å². The van der Waals surface area contributed by atoms with Gasteiger partial charge in [0, 0.05) is 13.0 Å². The van der Waals surface area contributed by atoms with Crippen molar-refractivity contribution in [1.82, 2.24) is 20.4 Å². The first-order valence-electron chi connectivity index (χ1n) is 7.44. The summed E-state index contributed by atoms with van der Waals surface area (Å²) in [6, 6.07) is 0.516. The molecule has 5 nitrogen and oxygen atoms in total. The SMILES string of the molecule is CCCN1CCC(C(C)NCc2noc(C)n2)CC1. The lowest BCUT2D eigenvalue weighted by atomic mass is 9.90. The van der Waals surface area contributed by atoms with Gasteiger partial charge in [0.2, 0.25) is 5.89 Å². The standard InChI is InChI=1S/C14H26N4O/c1-4-7-18-8-5-13(6-9-18)11(2)15-10-14-16-12(3)19-17-14/h11,13,15H,4-10H2,1-3H3. The average Bonchev–Trinajstić information content (AvgIpc) is 2.83. The third kappa shape index (κ3) is 4.28. The molecule has 0 radical (unpaired) electrons. The van der Waals surface area contributed by atoms with Crippen molar-refractivity contribution in [2.45, 2.75) is 52.6 Å². The van der Waals surface area contributed by atoms with Crippen molar-refractivity contribution >= 4 is 0 Å². The van der Waals surface area contributed by atoms with Crippen LogP contribution in [0.1, 0.15) is 44.8 Å². The van der Waals surface area contributed by atoms with Gasteiger partial charge < -0.3 is 14.7 Å². The number of hydrogen-bond acceptors (Lipinski definition) is 5. The zero-order chi connectivity index (χ0) is 13.7. The molecular weight excluding hydrogens is 240 g/mol. The van der Waals surface area contributed by atoms with Gasteiger partial charge in [-0.05, 0) is 51.7 Å². The normalized spacial score (nSPS) is 19.7. The van der Waals surface area contributed by atoms with Crippen molar-refractivity contribution in [2.75, 3.05) is 19.6 Å². The van der Waals surface area contributed by atoms with Crippen LogP contribution >= 0.6 is 0 Å². The van der Waals surface area contributed by atoms with Crippen molar-refractivity contribution in [3.8, 4) is 0 Å². The quantitative estimate of drug-likeness (QED) is 0.853. The maximum absolute atomic E-state index is 4.98. The number of nitrogens with zero attached hydrogens (tertiary/aromatic N) is 3. The smallest absolute Gasteiger partial charge is 0.223 e. The summed E-state index contributed by atoms with van der Waals surface area (Å²) >= 11 is 0. The molecule has 1 atom stereocenters. The lowest BCUT2D eigenvalue weighted by Crippen LogP contribution is -2.42. The molecular formula is C14H26N4O. The first-order valence-corrected chi connectivity index (χ1v) is 7.44. The van der Waals surface area contributed by atoms with E-state index in [0.717, 1.165) is 11.7 Å². The van der Waals surface area contributed by atoms with Crippen LogP contribution in [0.15, 0.2) is 4.52 Å². The molecule has 1 aliphatic rings. The van der Waals surface area contributed by atoms with E-state index < -0.39 is 0 Å². The lowest BCUT2D eigenvalue weighted by Gasteiger charge is -2.34. The van der Waals surface area contributed by atoms with Crippen LogP contribution < -0.4 is 5.32 Å². The highest BCUT2D eigenvalue weighted by atomic mass is 16.5. The van der Waals surface area contributed by atoms with Gasteiger partial charge in [-0.25, -0.2) is 0 Å². The molecule has 1 saturated heterocycles. The van der Waals surface area contributed by atoms with E-state index in [0.29, 0.717) is 18.5 Å². The fraction of sp³-hybridized carbons (Fsp3) is 0.857. The van der Waals surface area contributed by atoms with E-state index in [4.69, 9.17) is 4.52 Å². The first kappa shape index (κ1) is 14.5. The molecule has 0 spiro atoms. The Bertz CT molecular complexity index is 371. The van der Waals surface area contributed by atoms with E-state index in [9.17, 15) is 0 Å². The zero-order valence-electron chi connectivity index (χ0n) is 12.4. The second kappa shape index (κ2) is 7.01. The number of rotatable bonds is 6. The highest BCUT2D eigenvalue weighted by Gasteiger charge is 2.23. The summed E-state index contributed by atoms with van der Waals surface area (Å²) in [5.41, 5.74) is 0. The predicted molar refractivity (Wildman–Crippen MR) is 74.8 cm³/mol. The molecule has 5 heteroatoms. The molecule has 2 rings (SSSR count). The predicted octanol–water partition coefficient (Wildman–Crippen LogP) is 1.98. The number of hydrogen-bond donors (Lipinski definition) is 1. The van der Waals surface area contributed by atoms with Crippen LogP contribution in [0.4, 0.5) is 0 Å². The maximum atomic E-state index is 4.98. The molecule has 2 heterocycles. The molecule has 0 saturated carbocycles. The Labute approximate surface area is 115 Å². The summed E-state index contributed by atoms with van der Waals surface area (Å²) in [6.07, 6.45) is 3.84. The summed E-state index contributed by atoms with van der Waals surface area (Å²) in [6.45, 7) is 10.8. The molecule has 1 N–H and O–H groups in total. The molecule has 0 bridgehead atoms. The molecule has 1 aliphatic heterocycles. The Kier molecular flexibility index (Phi) is 5.34. The van der Waals surface area contributed by atoms with Crippen molar-refractivity contribution in [2.24, 2.45) is 5.92 Å². The molecule has 0 amide bonds. The van der Waals surface area contributed by atoms with E-state index in [2.05, 4.69) is 34.2 Å². The van der Waals surface area contributed by atoms with Gasteiger partial charge in [-0.15, -0.1) is 0 Å². The van der Waals surface area contributed by atoms with Crippen molar-refractivity contribution in [3.05, 3.63) is 11.7 Å². The molecule has 1 aromatic heterocycles. The monoisotopic (exact) mass is 266 g/mol. The summed E-state index contributed by atoms with van der Waals surface area (Å²) in [5.74, 6) is 2.16. The van der Waals surface area contributed by atoms with Gasteiger partial charge in [0.25, 0.3) is 0 Å². The van der Waals surface area contributed by atoms with Gasteiger partial charge in [-0.2, -0.15) is 4.98 Å². The molecule has 1 aromatic rings. The molecule has 0 aliphatic carbocycles. The summed E-state index contributed by atoms with van der Waals surface area (Å²) in [7, 11) is 0. The molecule has 19 heavy (non-hydrogen) atoms. The number of nitrogens with one attached hydrogen (secondary N) is 1. The van der Waals surface area contributed by atoms with Crippen LogP contribution in [0.2, 0.25) is 0 Å². The fourth-order valence-electron chi connectivity index (χ4n) is 2.82. The largest absolute Gasteiger partial charge is 0.340 e. The van der Waals surface area contributed by atoms with Gasteiger partial charge >= 0.3 is 0 Å². The van der Waals surface area contributed by atoms with E-state index in [1.165, 1.54) is 38.9 Å². The van der Waals surface area contributed by atoms with Gasteiger partial charge in [0.05, 0.1) is 6.54 Å². The van der Waals surface area contributed by atoms with Crippen LogP contribution in [0.3, 0.4) is 0 Å². The average molecular weight is 266 g/mol. The van der Waals surface area contributed by atoms with Crippen LogP contribution in [0.25, 0.3) is 0 Å². The Morgan fingerprint density at radius 3 is 2.74 bits per heavy atom. The Hall–Kier alpha value is -0.940. The minimum absolute atomic E-state index is 0.516. The summed E-state index contributed by atoms with van der Waals surface area (Å²) < 4.78 is 4.98. The minimum Gasteiger partial charge on any atom is -0.340 e. The second-order valence-corrected chi connectivity index (χ2v) is 5.58. The van der Waals surface area contributed by atoms with Crippen molar-refractivity contribution < 1.29 is 4.52 Å². The number of aryl methyl sites for hydroxylation is 1.